The highest BCUT2D eigenvalue weighted by atomic mass is 16.5. The van der Waals surface area contributed by atoms with Crippen LogP contribution in [0.1, 0.15) is 48.5 Å². The van der Waals surface area contributed by atoms with Gasteiger partial charge in [0.15, 0.2) is 0 Å². The van der Waals surface area contributed by atoms with E-state index in [1.807, 2.05) is 6.92 Å². The summed E-state index contributed by atoms with van der Waals surface area (Å²) in [5.41, 5.74) is 0.189. The molecule has 0 aromatic heterocycles. The van der Waals surface area contributed by atoms with Crippen LogP contribution in [0.25, 0.3) is 0 Å². The molecule has 1 atom stereocenters. The van der Waals surface area contributed by atoms with Gasteiger partial charge in [0.2, 0.25) is 5.90 Å². The van der Waals surface area contributed by atoms with Gasteiger partial charge in [0, 0.05) is 25.2 Å². The monoisotopic (exact) mass is 310 g/mol. The van der Waals surface area contributed by atoms with Crippen molar-refractivity contribution < 1.29 is 9.47 Å². The number of hydrogen-bond acceptors (Lipinski definition) is 4. The zero-order chi connectivity index (χ0) is 17.4. The van der Waals surface area contributed by atoms with E-state index >= 15 is 0 Å². The highest BCUT2D eigenvalue weighted by Gasteiger charge is 2.13. The molecule has 0 aliphatic heterocycles. The molecular weight excluding hydrogens is 276 g/mol. The van der Waals surface area contributed by atoms with E-state index in [1.54, 1.807) is 19.2 Å². The van der Waals surface area contributed by atoms with Gasteiger partial charge in [0.25, 0.3) is 0 Å². The van der Waals surface area contributed by atoms with Gasteiger partial charge in [0.1, 0.15) is 11.9 Å². The van der Waals surface area contributed by atoms with E-state index in [4.69, 9.17) is 9.47 Å². The first-order chi connectivity index (χ1) is 9.93. The van der Waals surface area contributed by atoms with Crippen molar-refractivity contribution in [1.82, 2.24) is 5.32 Å². The van der Waals surface area contributed by atoms with Crippen LogP contribution in [0.5, 0.6) is 0 Å². The predicted molar refractivity (Wildman–Crippen MR) is 95.3 cm³/mol. The van der Waals surface area contributed by atoms with E-state index in [2.05, 4.69) is 58.4 Å². The van der Waals surface area contributed by atoms with Crippen LogP contribution in [-0.2, 0) is 9.47 Å². The van der Waals surface area contributed by atoms with Crippen molar-refractivity contribution in [2.45, 2.75) is 60.1 Å². The van der Waals surface area contributed by atoms with Crippen molar-refractivity contribution in [3.05, 3.63) is 24.5 Å². The summed E-state index contributed by atoms with van der Waals surface area (Å²) in [6.07, 6.45) is 3.61. The standard InChI is InChI=1S/C18H34N2O2/c1-14(21-13-17(3,4)5)10-11-16(19-9)22-15(2)12-20-18(6,7)8/h10-11,15,20H,1,12-13H2,2-9H3/b11-10-,19-16+/t15-/m1/s1. The fraction of sp³-hybridized carbons (Fsp3) is 0.722. The topological polar surface area (TPSA) is 42.8 Å². The van der Waals surface area contributed by atoms with Crippen LogP contribution in [0.4, 0.5) is 0 Å². The molecule has 128 valence electrons. The van der Waals surface area contributed by atoms with E-state index in [-0.39, 0.29) is 17.1 Å². The smallest absolute Gasteiger partial charge is 0.208 e. The average Bonchev–Trinajstić information content (AvgIpc) is 2.37. The van der Waals surface area contributed by atoms with Crippen LogP contribution in [0, 0.1) is 5.41 Å². The number of nitrogens with one attached hydrogen (secondary N) is 1. The molecule has 0 radical (unpaired) electrons. The highest BCUT2D eigenvalue weighted by Crippen LogP contribution is 2.15. The molecule has 0 aliphatic carbocycles. The van der Waals surface area contributed by atoms with Gasteiger partial charge in [-0.3, -0.25) is 4.99 Å². The van der Waals surface area contributed by atoms with Gasteiger partial charge in [-0.2, -0.15) is 0 Å². The van der Waals surface area contributed by atoms with E-state index in [0.717, 1.165) is 6.54 Å². The Hall–Kier alpha value is -1.29. The number of rotatable bonds is 7. The van der Waals surface area contributed by atoms with E-state index < -0.39 is 0 Å². The Labute approximate surface area is 136 Å². The fourth-order valence-corrected chi connectivity index (χ4v) is 1.39. The molecular formula is C18H34N2O2. The third-order valence-electron chi connectivity index (χ3n) is 2.56. The molecule has 0 amide bonds. The Morgan fingerprint density at radius 3 is 2.23 bits per heavy atom. The lowest BCUT2D eigenvalue weighted by atomic mass is 9.99. The van der Waals surface area contributed by atoms with Crippen LogP contribution in [0.2, 0.25) is 0 Å². The fourth-order valence-electron chi connectivity index (χ4n) is 1.39. The maximum absolute atomic E-state index is 5.79. The quantitative estimate of drug-likeness (QED) is 0.335. The minimum atomic E-state index is 0.0336. The lowest BCUT2D eigenvalue weighted by molar-refractivity contribution is 0.136. The van der Waals surface area contributed by atoms with Crippen LogP contribution in [0.3, 0.4) is 0 Å². The molecule has 0 spiro atoms. The molecule has 22 heavy (non-hydrogen) atoms. The molecule has 0 aromatic rings. The number of allylic oxidation sites excluding steroid dienone is 1. The SMILES string of the molecule is C=C(/C=C\C(=N/C)O[C@H](C)CNC(C)(C)C)OCC(C)(C)C. The second kappa shape index (κ2) is 8.99. The Morgan fingerprint density at radius 2 is 1.77 bits per heavy atom. The van der Waals surface area contributed by atoms with E-state index in [1.165, 1.54) is 0 Å². The molecule has 0 saturated heterocycles. The number of ether oxygens (including phenoxy) is 2. The highest BCUT2D eigenvalue weighted by molar-refractivity contribution is 5.88. The zero-order valence-electron chi connectivity index (χ0n) is 15.6. The number of aliphatic imine (C=N–C) groups is 1. The Balaban J connectivity index is 4.31. The molecule has 0 rings (SSSR count). The summed E-state index contributed by atoms with van der Waals surface area (Å²) >= 11 is 0. The third kappa shape index (κ3) is 12.5. The Bertz CT molecular complexity index is 398. The van der Waals surface area contributed by atoms with Gasteiger partial charge >= 0.3 is 0 Å². The maximum Gasteiger partial charge on any atom is 0.208 e. The summed E-state index contributed by atoms with van der Waals surface area (Å²) in [5, 5.41) is 3.41. The van der Waals surface area contributed by atoms with Crippen molar-refractivity contribution in [2.24, 2.45) is 10.4 Å². The molecule has 4 nitrogen and oxygen atoms in total. The lowest BCUT2D eigenvalue weighted by Gasteiger charge is -2.23. The molecule has 0 heterocycles. The molecule has 4 heteroatoms. The molecule has 0 fully saturated rings. The third-order valence-corrected chi connectivity index (χ3v) is 2.56. The van der Waals surface area contributed by atoms with Gasteiger partial charge in [0.05, 0.1) is 6.61 Å². The Morgan fingerprint density at radius 1 is 1.18 bits per heavy atom. The first kappa shape index (κ1) is 20.7. The van der Waals surface area contributed by atoms with Gasteiger partial charge in [-0.1, -0.05) is 27.4 Å². The maximum atomic E-state index is 5.79. The number of hydrogen-bond donors (Lipinski definition) is 1. The normalized spacial score (nSPS) is 15.0. The number of nitrogens with zero attached hydrogens (tertiary/aromatic N) is 1. The van der Waals surface area contributed by atoms with Crippen molar-refractivity contribution in [3.63, 3.8) is 0 Å². The molecule has 0 saturated carbocycles. The van der Waals surface area contributed by atoms with Crippen LogP contribution < -0.4 is 5.32 Å². The summed E-state index contributed by atoms with van der Waals surface area (Å²) in [7, 11) is 1.71. The van der Waals surface area contributed by atoms with E-state index in [9.17, 15) is 0 Å². The van der Waals surface area contributed by atoms with Gasteiger partial charge < -0.3 is 14.8 Å². The van der Waals surface area contributed by atoms with Crippen LogP contribution >= 0.6 is 0 Å². The van der Waals surface area contributed by atoms with Gasteiger partial charge in [-0.15, -0.1) is 0 Å². The van der Waals surface area contributed by atoms with Gasteiger partial charge in [-0.25, -0.2) is 0 Å². The van der Waals surface area contributed by atoms with Crippen molar-refractivity contribution in [2.75, 3.05) is 20.2 Å². The van der Waals surface area contributed by atoms with Gasteiger partial charge in [-0.05, 0) is 39.2 Å². The predicted octanol–water partition coefficient (Wildman–Crippen LogP) is 3.94. The minimum absolute atomic E-state index is 0.0336. The van der Waals surface area contributed by atoms with E-state index in [0.29, 0.717) is 18.3 Å². The minimum Gasteiger partial charge on any atom is -0.494 e. The lowest BCUT2D eigenvalue weighted by Crippen LogP contribution is -2.41. The second-order valence-corrected chi connectivity index (χ2v) is 7.77. The van der Waals surface area contributed by atoms with Crippen molar-refractivity contribution >= 4 is 5.90 Å². The summed E-state index contributed by atoms with van der Waals surface area (Å²) < 4.78 is 11.4. The Kier molecular flexibility index (Phi) is 8.46. The first-order valence-corrected chi connectivity index (χ1v) is 7.81. The van der Waals surface area contributed by atoms with Crippen molar-refractivity contribution in [1.29, 1.82) is 0 Å². The van der Waals surface area contributed by atoms with Crippen LogP contribution in [-0.4, -0.2) is 37.7 Å². The average molecular weight is 310 g/mol. The molecule has 0 bridgehead atoms. The van der Waals surface area contributed by atoms with Crippen molar-refractivity contribution in [3.8, 4) is 0 Å². The second-order valence-electron chi connectivity index (χ2n) is 7.77. The summed E-state index contributed by atoms with van der Waals surface area (Å²) in [5.74, 6) is 1.18. The first-order valence-electron chi connectivity index (χ1n) is 7.81. The largest absolute Gasteiger partial charge is 0.494 e. The molecule has 0 unspecified atom stereocenters. The summed E-state index contributed by atoms with van der Waals surface area (Å²) in [6, 6.07) is 0. The summed E-state index contributed by atoms with van der Waals surface area (Å²) in [4.78, 5) is 4.14. The molecule has 0 aliphatic rings. The summed E-state index contributed by atoms with van der Waals surface area (Å²) in [6.45, 7) is 20.0. The zero-order valence-corrected chi connectivity index (χ0v) is 15.6. The molecule has 0 aromatic carbocycles. The van der Waals surface area contributed by atoms with Crippen LogP contribution in [0.15, 0.2) is 29.5 Å². The molecule has 1 N–H and O–H groups in total.